The van der Waals surface area contributed by atoms with Crippen LogP contribution >= 0.6 is 0 Å². The highest BCUT2D eigenvalue weighted by Gasteiger charge is 2.02. The van der Waals surface area contributed by atoms with Crippen LogP contribution in [0.15, 0.2) is 36.7 Å². The summed E-state index contributed by atoms with van der Waals surface area (Å²) < 4.78 is 4.73. The summed E-state index contributed by atoms with van der Waals surface area (Å²) in [6, 6.07) is 7.77. The highest BCUT2D eigenvalue weighted by molar-refractivity contribution is 5.84. The van der Waals surface area contributed by atoms with E-state index in [4.69, 9.17) is 10.5 Å². The number of hydrogen-bond acceptors (Lipinski definition) is 3. The van der Waals surface area contributed by atoms with Crippen LogP contribution in [-0.4, -0.2) is 11.1 Å². The van der Waals surface area contributed by atoms with Crippen LogP contribution in [-0.2, 0) is 11.3 Å². The maximum Gasteiger partial charge on any atom is 0.404 e. The van der Waals surface area contributed by atoms with E-state index in [-0.39, 0.29) is 6.61 Å². The minimum absolute atomic E-state index is 0.156. The molecule has 1 aromatic heterocycles. The third kappa shape index (κ3) is 2.04. The molecule has 1 aromatic carbocycles. The highest BCUT2D eigenvalue weighted by atomic mass is 16.5. The molecule has 0 saturated carbocycles. The fourth-order valence-corrected chi connectivity index (χ4v) is 1.44. The van der Waals surface area contributed by atoms with Gasteiger partial charge in [0.25, 0.3) is 0 Å². The van der Waals surface area contributed by atoms with E-state index < -0.39 is 6.09 Å². The van der Waals surface area contributed by atoms with Gasteiger partial charge in [-0.25, -0.2) is 4.79 Å². The largest absolute Gasteiger partial charge is 0.445 e. The van der Waals surface area contributed by atoms with Crippen LogP contribution in [0, 0.1) is 0 Å². The predicted octanol–water partition coefficient (Wildman–Crippen LogP) is 1.83. The summed E-state index contributed by atoms with van der Waals surface area (Å²) in [5.41, 5.74) is 5.76. The molecule has 0 aliphatic carbocycles. The fourth-order valence-electron chi connectivity index (χ4n) is 1.44. The van der Waals surface area contributed by atoms with E-state index in [9.17, 15) is 4.79 Å². The number of aromatic nitrogens is 1. The van der Waals surface area contributed by atoms with Crippen molar-refractivity contribution in [1.82, 2.24) is 4.98 Å². The van der Waals surface area contributed by atoms with Gasteiger partial charge in [0.15, 0.2) is 0 Å². The van der Waals surface area contributed by atoms with Crippen molar-refractivity contribution in [3.63, 3.8) is 0 Å². The zero-order valence-electron chi connectivity index (χ0n) is 8.01. The summed E-state index contributed by atoms with van der Waals surface area (Å²) in [5.74, 6) is 0. The SMILES string of the molecule is NC(=O)OCc1cncc2ccccc12. The van der Waals surface area contributed by atoms with Gasteiger partial charge in [-0.05, 0) is 5.39 Å². The molecule has 0 radical (unpaired) electrons. The van der Waals surface area contributed by atoms with Gasteiger partial charge in [0.1, 0.15) is 6.61 Å². The fraction of sp³-hybridized carbons (Fsp3) is 0.0909. The quantitative estimate of drug-likeness (QED) is 0.807. The average Bonchev–Trinajstić information content (AvgIpc) is 2.26. The number of carbonyl (C=O) groups is 1. The molecule has 0 fully saturated rings. The minimum Gasteiger partial charge on any atom is -0.445 e. The molecule has 0 aliphatic heterocycles. The molecule has 2 N–H and O–H groups in total. The normalized spacial score (nSPS) is 10.1. The number of hydrogen-bond donors (Lipinski definition) is 1. The molecule has 2 rings (SSSR count). The number of ether oxygens (including phenoxy) is 1. The molecule has 0 bridgehead atoms. The van der Waals surface area contributed by atoms with E-state index in [0.29, 0.717) is 0 Å². The second-order valence-corrected chi connectivity index (χ2v) is 3.13. The van der Waals surface area contributed by atoms with Gasteiger partial charge in [-0.2, -0.15) is 0 Å². The van der Waals surface area contributed by atoms with Gasteiger partial charge >= 0.3 is 6.09 Å². The second-order valence-electron chi connectivity index (χ2n) is 3.13. The summed E-state index contributed by atoms with van der Waals surface area (Å²) in [7, 11) is 0. The van der Waals surface area contributed by atoms with Crippen LogP contribution in [0.2, 0.25) is 0 Å². The van der Waals surface area contributed by atoms with Crippen molar-refractivity contribution in [2.75, 3.05) is 0 Å². The monoisotopic (exact) mass is 202 g/mol. The lowest BCUT2D eigenvalue weighted by Gasteiger charge is -2.05. The van der Waals surface area contributed by atoms with Gasteiger partial charge in [0.05, 0.1) is 0 Å². The lowest BCUT2D eigenvalue weighted by molar-refractivity contribution is 0.150. The van der Waals surface area contributed by atoms with E-state index in [2.05, 4.69) is 4.98 Å². The van der Waals surface area contributed by atoms with Gasteiger partial charge in [0.2, 0.25) is 0 Å². The first-order valence-electron chi connectivity index (χ1n) is 4.51. The number of nitrogens with two attached hydrogens (primary N) is 1. The Bertz CT molecular complexity index is 491. The molecule has 1 amide bonds. The summed E-state index contributed by atoms with van der Waals surface area (Å²) in [4.78, 5) is 14.5. The molecule has 4 nitrogen and oxygen atoms in total. The van der Waals surface area contributed by atoms with Crippen LogP contribution in [0.4, 0.5) is 4.79 Å². The molecule has 2 aromatic rings. The van der Waals surface area contributed by atoms with E-state index in [1.165, 1.54) is 0 Å². The molecule has 76 valence electrons. The van der Waals surface area contributed by atoms with Crippen molar-refractivity contribution in [2.24, 2.45) is 5.73 Å². The third-order valence-corrected chi connectivity index (χ3v) is 2.12. The van der Waals surface area contributed by atoms with E-state index >= 15 is 0 Å². The molecule has 15 heavy (non-hydrogen) atoms. The Morgan fingerprint density at radius 2 is 2.13 bits per heavy atom. The summed E-state index contributed by atoms with van der Waals surface area (Å²) in [5, 5.41) is 2.04. The Morgan fingerprint density at radius 3 is 2.93 bits per heavy atom. The Kier molecular flexibility index (Phi) is 2.49. The number of nitrogens with zero attached hydrogens (tertiary/aromatic N) is 1. The maximum atomic E-state index is 10.5. The first-order valence-corrected chi connectivity index (χ1v) is 4.51. The molecule has 0 aliphatic rings. The van der Waals surface area contributed by atoms with Crippen LogP contribution < -0.4 is 5.73 Å². The van der Waals surface area contributed by atoms with Crippen molar-refractivity contribution in [2.45, 2.75) is 6.61 Å². The standard InChI is InChI=1S/C11H10N2O2/c12-11(14)15-7-9-6-13-5-8-3-1-2-4-10(8)9/h1-6H,7H2,(H2,12,14). The topological polar surface area (TPSA) is 65.2 Å². The summed E-state index contributed by atoms with van der Waals surface area (Å²) in [6.07, 6.45) is 2.66. The Balaban J connectivity index is 2.38. The van der Waals surface area contributed by atoms with Crippen molar-refractivity contribution < 1.29 is 9.53 Å². The summed E-state index contributed by atoms with van der Waals surface area (Å²) >= 11 is 0. The molecule has 0 atom stereocenters. The summed E-state index contributed by atoms with van der Waals surface area (Å²) in [6.45, 7) is 0.156. The van der Waals surface area contributed by atoms with Crippen LogP contribution in [0.25, 0.3) is 10.8 Å². The van der Waals surface area contributed by atoms with E-state index in [0.717, 1.165) is 16.3 Å². The minimum atomic E-state index is -0.775. The molecular formula is C11H10N2O2. The van der Waals surface area contributed by atoms with Gasteiger partial charge in [-0.1, -0.05) is 24.3 Å². The van der Waals surface area contributed by atoms with Crippen molar-refractivity contribution in [3.05, 3.63) is 42.2 Å². The third-order valence-electron chi connectivity index (χ3n) is 2.12. The van der Waals surface area contributed by atoms with Crippen molar-refractivity contribution >= 4 is 16.9 Å². The Hall–Kier alpha value is -2.10. The molecule has 1 heterocycles. The average molecular weight is 202 g/mol. The number of pyridine rings is 1. The molecule has 0 saturated heterocycles. The number of carbonyl (C=O) groups excluding carboxylic acids is 1. The Labute approximate surface area is 86.7 Å². The van der Waals surface area contributed by atoms with Crippen LogP contribution in [0.5, 0.6) is 0 Å². The second kappa shape index (κ2) is 3.96. The Morgan fingerprint density at radius 1 is 1.33 bits per heavy atom. The highest BCUT2D eigenvalue weighted by Crippen LogP contribution is 2.17. The number of benzene rings is 1. The molecule has 0 spiro atoms. The van der Waals surface area contributed by atoms with Gasteiger partial charge in [-0.3, -0.25) is 4.98 Å². The van der Waals surface area contributed by atoms with Crippen LogP contribution in [0.3, 0.4) is 0 Å². The first-order chi connectivity index (χ1) is 7.27. The number of primary amides is 1. The van der Waals surface area contributed by atoms with Crippen molar-refractivity contribution in [3.8, 4) is 0 Å². The zero-order valence-corrected chi connectivity index (χ0v) is 8.01. The van der Waals surface area contributed by atoms with Crippen LogP contribution in [0.1, 0.15) is 5.56 Å². The first kappa shape index (κ1) is 9.45. The maximum absolute atomic E-state index is 10.5. The molecular weight excluding hydrogens is 192 g/mol. The smallest absolute Gasteiger partial charge is 0.404 e. The zero-order chi connectivity index (χ0) is 10.7. The van der Waals surface area contributed by atoms with Gasteiger partial charge in [-0.15, -0.1) is 0 Å². The lowest BCUT2D eigenvalue weighted by atomic mass is 10.1. The molecule has 4 heteroatoms. The molecule has 0 unspecified atom stereocenters. The lowest BCUT2D eigenvalue weighted by Crippen LogP contribution is -2.12. The van der Waals surface area contributed by atoms with E-state index in [1.54, 1.807) is 12.4 Å². The number of amides is 1. The number of fused-ring (bicyclic) bond motifs is 1. The predicted molar refractivity (Wildman–Crippen MR) is 56.1 cm³/mol. The number of rotatable bonds is 2. The van der Waals surface area contributed by atoms with Crippen molar-refractivity contribution in [1.29, 1.82) is 0 Å². The van der Waals surface area contributed by atoms with Gasteiger partial charge < -0.3 is 10.5 Å². The van der Waals surface area contributed by atoms with E-state index in [1.807, 2.05) is 24.3 Å². The van der Waals surface area contributed by atoms with Gasteiger partial charge in [0, 0.05) is 23.3 Å².